The van der Waals surface area contributed by atoms with E-state index in [1.165, 1.54) is 24.8 Å². The summed E-state index contributed by atoms with van der Waals surface area (Å²) >= 11 is 0. The lowest BCUT2D eigenvalue weighted by atomic mass is 10.1. The van der Waals surface area contributed by atoms with Gasteiger partial charge < -0.3 is 24.4 Å². The number of ether oxygens (including phenoxy) is 2. The average molecular weight is 392 g/mol. The number of benzene rings is 1. The number of hydrogen-bond acceptors (Lipinski definition) is 6. The number of likely N-dealkylation sites (N-methyl/N-ethyl adjacent to an activating group) is 1. The summed E-state index contributed by atoms with van der Waals surface area (Å²) < 4.78 is 11.4. The molecule has 0 unspecified atom stereocenters. The summed E-state index contributed by atoms with van der Waals surface area (Å²) in [6, 6.07) is 6.16. The quantitative estimate of drug-likeness (QED) is 0.695. The van der Waals surface area contributed by atoms with Crippen LogP contribution in [-0.4, -0.2) is 92.0 Å². The van der Waals surface area contributed by atoms with E-state index in [0.29, 0.717) is 13.2 Å². The lowest BCUT2D eigenvalue weighted by Crippen LogP contribution is -2.45. The minimum atomic E-state index is -0.478. The molecule has 1 atom stereocenters. The van der Waals surface area contributed by atoms with Crippen LogP contribution in [0.5, 0.6) is 11.5 Å². The van der Waals surface area contributed by atoms with Crippen LogP contribution in [0.15, 0.2) is 18.2 Å². The van der Waals surface area contributed by atoms with Gasteiger partial charge in [0.1, 0.15) is 12.7 Å². The van der Waals surface area contributed by atoms with Crippen LogP contribution in [0.3, 0.4) is 0 Å². The highest BCUT2D eigenvalue weighted by atomic mass is 16.5. The first-order chi connectivity index (χ1) is 13.7. The molecule has 1 N–H and O–H groups in total. The largest absolute Gasteiger partial charge is 0.493 e. The zero-order valence-corrected chi connectivity index (χ0v) is 17.6. The van der Waals surface area contributed by atoms with Crippen LogP contribution >= 0.6 is 0 Å². The van der Waals surface area contributed by atoms with E-state index < -0.39 is 6.10 Å². The Morgan fingerprint density at radius 1 is 0.929 bits per heavy atom. The maximum absolute atomic E-state index is 10.4. The Morgan fingerprint density at radius 3 is 2.32 bits per heavy atom. The molecule has 2 saturated heterocycles. The third-order valence-corrected chi connectivity index (χ3v) is 5.90. The second-order valence-corrected chi connectivity index (χ2v) is 8.02. The molecule has 6 heteroatoms. The number of nitrogens with zero attached hydrogens (tertiary/aromatic N) is 3. The minimum absolute atomic E-state index is 0.297. The highest BCUT2D eigenvalue weighted by Crippen LogP contribution is 2.29. The zero-order valence-electron chi connectivity index (χ0n) is 17.6. The fraction of sp³-hybridized carbons (Fsp3) is 0.727. The molecule has 1 aromatic rings. The van der Waals surface area contributed by atoms with Crippen LogP contribution in [0.1, 0.15) is 31.7 Å². The van der Waals surface area contributed by atoms with Gasteiger partial charge in [0.05, 0.1) is 7.11 Å². The first kappa shape index (κ1) is 21.4. The fourth-order valence-electron chi connectivity index (χ4n) is 4.13. The maximum Gasteiger partial charge on any atom is 0.161 e. The molecular weight excluding hydrogens is 354 g/mol. The van der Waals surface area contributed by atoms with Gasteiger partial charge in [0.2, 0.25) is 0 Å². The van der Waals surface area contributed by atoms with Crippen molar-refractivity contribution in [1.29, 1.82) is 0 Å². The SMILES string of the molecule is CCN1CCN(Cc2ccc(OC)c(OC[C@H](O)CN3CCCCC3)c2)CC1. The van der Waals surface area contributed by atoms with Gasteiger partial charge in [0.25, 0.3) is 0 Å². The molecule has 0 spiro atoms. The number of piperidine rings is 1. The smallest absolute Gasteiger partial charge is 0.161 e. The first-order valence-electron chi connectivity index (χ1n) is 10.8. The summed E-state index contributed by atoms with van der Waals surface area (Å²) in [7, 11) is 1.66. The average Bonchev–Trinajstić information content (AvgIpc) is 2.73. The molecule has 0 amide bonds. The van der Waals surface area contributed by atoms with Crippen molar-refractivity contribution in [3.05, 3.63) is 23.8 Å². The van der Waals surface area contributed by atoms with E-state index in [1.54, 1.807) is 7.11 Å². The molecule has 0 aromatic heterocycles. The maximum atomic E-state index is 10.4. The van der Waals surface area contributed by atoms with Gasteiger partial charge in [-0.2, -0.15) is 0 Å². The Kier molecular flexibility index (Phi) is 8.40. The third kappa shape index (κ3) is 6.34. The highest BCUT2D eigenvalue weighted by molar-refractivity contribution is 5.43. The number of β-amino-alcohol motifs (C(OH)–C–C–N with tert-alkyl or cyclic N) is 1. The summed E-state index contributed by atoms with van der Waals surface area (Å²) in [6.07, 6.45) is 3.29. The van der Waals surface area contributed by atoms with Crippen LogP contribution in [0, 0.1) is 0 Å². The summed E-state index contributed by atoms with van der Waals surface area (Å²) in [6.45, 7) is 11.9. The molecule has 2 heterocycles. The summed E-state index contributed by atoms with van der Waals surface area (Å²) in [4.78, 5) is 7.31. The van der Waals surface area contributed by atoms with Gasteiger partial charge in [0.15, 0.2) is 11.5 Å². The van der Waals surface area contributed by atoms with Crippen molar-refractivity contribution in [2.75, 3.05) is 66.1 Å². The van der Waals surface area contributed by atoms with Crippen LogP contribution < -0.4 is 9.47 Å². The second-order valence-electron chi connectivity index (χ2n) is 8.02. The van der Waals surface area contributed by atoms with Crippen molar-refractivity contribution in [3.63, 3.8) is 0 Å². The Bertz CT molecular complexity index is 584. The zero-order chi connectivity index (χ0) is 19.8. The number of rotatable bonds is 9. The Labute approximate surface area is 170 Å². The van der Waals surface area contributed by atoms with E-state index >= 15 is 0 Å². The van der Waals surface area contributed by atoms with E-state index in [2.05, 4.69) is 33.8 Å². The van der Waals surface area contributed by atoms with E-state index in [9.17, 15) is 5.11 Å². The van der Waals surface area contributed by atoms with Crippen molar-refractivity contribution in [1.82, 2.24) is 14.7 Å². The number of piperazine rings is 1. The predicted octanol–water partition coefficient (Wildman–Crippen LogP) is 2.06. The molecular formula is C22H37N3O3. The molecule has 28 heavy (non-hydrogen) atoms. The van der Waals surface area contributed by atoms with Crippen molar-refractivity contribution in [3.8, 4) is 11.5 Å². The normalized spacial score (nSPS) is 20.8. The van der Waals surface area contributed by atoms with Gasteiger partial charge >= 0.3 is 0 Å². The standard InChI is InChI=1S/C22H37N3O3/c1-3-23-11-13-25(14-12-23)16-19-7-8-21(27-2)22(15-19)28-18-20(26)17-24-9-5-4-6-10-24/h7-8,15,20,26H,3-6,9-14,16-18H2,1-2H3/t20-/m1/s1. The molecule has 2 fully saturated rings. The van der Waals surface area contributed by atoms with E-state index in [1.807, 2.05) is 6.07 Å². The molecule has 158 valence electrons. The first-order valence-corrected chi connectivity index (χ1v) is 10.8. The number of hydrogen-bond donors (Lipinski definition) is 1. The Hall–Kier alpha value is -1.34. The van der Waals surface area contributed by atoms with Crippen LogP contribution in [0.2, 0.25) is 0 Å². The fourth-order valence-corrected chi connectivity index (χ4v) is 4.13. The lowest BCUT2D eigenvalue weighted by Gasteiger charge is -2.34. The van der Waals surface area contributed by atoms with Crippen LogP contribution in [-0.2, 0) is 6.54 Å². The molecule has 6 nitrogen and oxygen atoms in total. The summed E-state index contributed by atoms with van der Waals surface area (Å²) in [5.74, 6) is 1.45. The molecule has 0 aliphatic carbocycles. The molecule has 2 aliphatic heterocycles. The van der Waals surface area contributed by atoms with Gasteiger partial charge in [-0.1, -0.05) is 19.4 Å². The number of likely N-dealkylation sites (tertiary alicyclic amines) is 1. The number of aliphatic hydroxyl groups excluding tert-OH is 1. The van der Waals surface area contributed by atoms with Gasteiger partial charge in [0, 0.05) is 39.3 Å². The van der Waals surface area contributed by atoms with Gasteiger partial charge in [-0.15, -0.1) is 0 Å². The van der Waals surface area contributed by atoms with Crippen molar-refractivity contribution < 1.29 is 14.6 Å². The van der Waals surface area contributed by atoms with Crippen LogP contribution in [0.25, 0.3) is 0 Å². The lowest BCUT2D eigenvalue weighted by molar-refractivity contribution is 0.0607. The molecule has 0 radical (unpaired) electrons. The summed E-state index contributed by atoms with van der Waals surface area (Å²) in [5.41, 5.74) is 1.23. The molecule has 1 aromatic carbocycles. The topological polar surface area (TPSA) is 48.4 Å². The second kappa shape index (κ2) is 11.0. The van der Waals surface area contributed by atoms with Gasteiger partial charge in [-0.3, -0.25) is 4.90 Å². The minimum Gasteiger partial charge on any atom is -0.493 e. The van der Waals surface area contributed by atoms with Crippen molar-refractivity contribution >= 4 is 0 Å². The molecule has 3 rings (SSSR count). The van der Waals surface area contributed by atoms with Gasteiger partial charge in [-0.05, 0) is 50.2 Å². The monoisotopic (exact) mass is 391 g/mol. The predicted molar refractivity (Wildman–Crippen MR) is 112 cm³/mol. The number of aliphatic hydroxyl groups is 1. The summed E-state index contributed by atoms with van der Waals surface area (Å²) in [5, 5.41) is 10.4. The molecule has 0 saturated carbocycles. The van der Waals surface area contributed by atoms with E-state index in [4.69, 9.17) is 9.47 Å². The Balaban J connectivity index is 1.52. The van der Waals surface area contributed by atoms with E-state index in [0.717, 1.165) is 63.9 Å². The third-order valence-electron chi connectivity index (χ3n) is 5.90. The molecule has 0 bridgehead atoms. The molecule has 2 aliphatic rings. The number of methoxy groups -OCH3 is 1. The van der Waals surface area contributed by atoms with Crippen molar-refractivity contribution in [2.24, 2.45) is 0 Å². The Morgan fingerprint density at radius 2 is 1.64 bits per heavy atom. The van der Waals surface area contributed by atoms with Crippen molar-refractivity contribution in [2.45, 2.75) is 38.8 Å². The van der Waals surface area contributed by atoms with Gasteiger partial charge in [-0.25, -0.2) is 0 Å². The highest BCUT2D eigenvalue weighted by Gasteiger charge is 2.18. The van der Waals surface area contributed by atoms with E-state index in [-0.39, 0.29) is 0 Å². The van der Waals surface area contributed by atoms with Crippen LogP contribution in [0.4, 0.5) is 0 Å².